The molecule has 5 nitrogen and oxygen atoms in total. The summed E-state index contributed by atoms with van der Waals surface area (Å²) in [6.45, 7) is 4.13. The Labute approximate surface area is 233 Å². The standard InChI is InChI=1S/C35H28N4O/c1-24-21-29(25(2)39(24)30-19-17-27(18-20-30)26-11-5-3-6-12-26)23-36-38-35(40)32-22-34(28-13-7-4-8-14-28)37-33-16-10-9-15-31(32)33/h3-23H,1-2H3,(H,38,40)/b36-23-. The van der Waals surface area contributed by atoms with Gasteiger partial charge in [0.1, 0.15) is 0 Å². The maximum absolute atomic E-state index is 13.3. The average molecular weight is 521 g/mol. The smallest absolute Gasteiger partial charge is 0.272 e. The van der Waals surface area contributed by atoms with Gasteiger partial charge >= 0.3 is 0 Å². The number of fused-ring (bicyclic) bond motifs is 1. The third-order valence-electron chi connectivity index (χ3n) is 7.10. The highest BCUT2D eigenvalue weighted by molar-refractivity contribution is 6.07. The lowest BCUT2D eigenvalue weighted by molar-refractivity contribution is 0.0956. The topological polar surface area (TPSA) is 59.3 Å². The lowest BCUT2D eigenvalue weighted by atomic mass is 10.0. The van der Waals surface area contributed by atoms with E-state index >= 15 is 0 Å². The van der Waals surface area contributed by atoms with Crippen LogP contribution in [-0.2, 0) is 0 Å². The molecule has 1 N–H and O–H groups in total. The van der Waals surface area contributed by atoms with Crippen LogP contribution in [0.5, 0.6) is 0 Å². The number of benzene rings is 4. The molecule has 0 atom stereocenters. The monoisotopic (exact) mass is 520 g/mol. The van der Waals surface area contributed by atoms with Gasteiger partial charge in [-0.1, -0.05) is 91.0 Å². The number of nitrogens with one attached hydrogen (secondary N) is 1. The largest absolute Gasteiger partial charge is 0.318 e. The van der Waals surface area contributed by atoms with E-state index < -0.39 is 0 Å². The Kier molecular flexibility index (Phi) is 6.77. The first kappa shape index (κ1) is 25.0. The van der Waals surface area contributed by atoms with Crippen molar-refractivity contribution in [2.75, 3.05) is 0 Å². The Morgan fingerprint density at radius 1 is 0.750 bits per heavy atom. The maximum atomic E-state index is 13.3. The summed E-state index contributed by atoms with van der Waals surface area (Å²) in [5.41, 5.74) is 12.2. The summed E-state index contributed by atoms with van der Waals surface area (Å²) in [6, 6.07) is 40.3. The molecule has 0 saturated carbocycles. The molecule has 0 aliphatic rings. The number of amides is 1. The molecule has 6 aromatic rings. The summed E-state index contributed by atoms with van der Waals surface area (Å²) < 4.78 is 2.19. The van der Waals surface area contributed by atoms with Crippen LogP contribution in [0.25, 0.3) is 39.0 Å². The molecule has 0 spiro atoms. The minimum absolute atomic E-state index is 0.280. The van der Waals surface area contributed by atoms with E-state index in [1.54, 1.807) is 6.21 Å². The molecule has 0 radical (unpaired) electrons. The summed E-state index contributed by atoms with van der Waals surface area (Å²) >= 11 is 0. The fourth-order valence-corrected chi connectivity index (χ4v) is 5.09. The maximum Gasteiger partial charge on any atom is 0.272 e. The molecule has 2 heterocycles. The molecular weight excluding hydrogens is 492 g/mol. The van der Waals surface area contributed by atoms with E-state index in [-0.39, 0.29) is 5.91 Å². The van der Waals surface area contributed by atoms with Crippen LogP contribution < -0.4 is 5.43 Å². The number of rotatable bonds is 6. The Bertz CT molecular complexity index is 1840. The highest BCUT2D eigenvalue weighted by Gasteiger charge is 2.14. The SMILES string of the molecule is Cc1cc(/C=N\NC(=O)c2cc(-c3ccccc3)nc3ccccc23)c(C)n1-c1ccc(-c2ccccc2)cc1. The zero-order valence-electron chi connectivity index (χ0n) is 22.4. The van der Waals surface area contributed by atoms with Crippen LogP contribution in [0.3, 0.4) is 0 Å². The molecule has 6 rings (SSSR count). The normalized spacial score (nSPS) is 11.2. The minimum Gasteiger partial charge on any atom is -0.318 e. The second-order valence-electron chi connectivity index (χ2n) is 9.71. The van der Waals surface area contributed by atoms with Crippen molar-refractivity contribution < 1.29 is 4.79 Å². The molecule has 194 valence electrons. The van der Waals surface area contributed by atoms with E-state index in [0.29, 0.717) is 5.56 Å². The van der Waals surface area contributed by atoms with Gasteiger partial charge in [-0.15, -0.1) is 0 Å². The zero-order valence-corrected chi connectivity index (χ0v) is 22.4. The second-order valence-corrected chi connectivity index (χ2v) is 9.71. The van der Waals surface area contributed by atoms with Crippen molar-refractivity contribution in [1.82, 2.24) is 15.0 Å². The number of hydrogen-bond donors (Lipinski definition) is 1. The van der Waals surface area contributed by atoms with E-state index in [0.717, 1.165) is 44.8 Å². The van der Waals surface area contributed by atoms with Crippen molar-refractivity contribution in [2.24, 2.45) is 5.10 Å². The fourth-order valence-electron chi connectivity index (χ4n) is 5.09. The first-order chi connectivity index (χ1) is 19.6. The van der Waals surface area contributed by atoms with Crippen LogP contribution in [0.15, 0.2) is 126 Å². The molecule has 0 aliphatic heterocycles. The molecule has 0 bridgehead atoms. The average Bonchev–Trinajstić information content (AvgIpc) is 3.29. The van der Waals surface area contributed by atoms with Gasteiger partial charge in [-0.25, -0.2) is 10.4 Å². The van der Waals surface area contributed by atoms with E-state index in [4.69, 9.17) is 4.98 Å². The zero-order chi connectivity index (χ0) is 27.5. The Balaban J connectivity index is 1.24. The second kappa shape index (κ2) is 10.8. The molecule has 5 heteroatoms. The van der Waals surface area contributed by atoms with E-state index in [2.05, 4.69) is 71.4 Å². The lowest BCUT2D eigenvalue weighted by Gasteiger charge is -2.11. The number of carbonyl (C=O) groups excluding carboxylic acids is 1. The summed E-state index contributed by atoms with van der Waals surface area (Å²) in [7, 11) is 0. The summed E-state index contributed by atoms with van der Waals surface area (Å²) in [5, 5.41) is 5.12. The Morgan fingerprint density at radius 3 is 2.10 bits per heavy atom. The summed E-state index contributed by atoms with van der Waals surface area (Å²) in [6.07, 6.45) is 1.70. The molecular formula is C35H28N4O. The number of aromatic nitrogens is 2. The van der Waals surface area contributed by atoms with Crippen molar-refractivity contribution in [3.05, 3.63) is 144 Å². The highest BCUT2D eigenvalue weighted by Crippen LogP contribution is 2.26. The van der Waals surface area contributed by atoms with Crippen molar-refractivity contribution in [3.8, 4) is 28.1 Å². The van der Waals surface area contributed by atoms with Crippen molar-refractivity contribution in [2.45, 2.75) is 13.8 Å². The predicted octanol–water partition coefficient (Wildman–Crippen LogP) is 7.74. The summed E-state index contributed by atoms with van der Waals surface area (Å²) in [5.74, 6) is -0.280. The highest BCUT2D eigenvalue weighted by atomic mass is 16.2. The van der Waals surface area contributed by atoms with Gasteiger partial charge in [-0.2, -0.15) is 5.10 Å². The van der Waals surface area contributed by atoms with E-state index in [1.807, 2.05) is 78.9 Å². The van der Waals surface area contributed by atoms with E-state index in [9.17, 15) is 4.79 Å². The molecule has 0 aliphatic carbocycles. The fraction of sp³-hybridized carbons (Fsp3) is 0.0571. The first-order valence-electron chi connectivity index (χ1n) is 13.2. The van der Waals surface area contributed by atoms with Gasteiger partial charge in [0.15, 0.2) is 0 Å². The molecule has 0 saturated heterocycles. The van der Waals surface area contributed by atoms with Gasteiger partial charge in [-0.05, 0) is 55.3 Å². The van der Waals surface area contributed by atoms with Gasteiger partial charge in [0.2, 0.25) is 0 Å². The molecule has 40 heavy (non-hydrogen) atoms. The quantitative estimate of drug-likeness (QED) is 0.180. The van der Waals surface area contributed by atoms with Crippen LogP contribution in [-0.4, -0.2) is 21.7 Å². The molecule has 0 fully saturated rings. The van der Waals surface area contributed by atoms with Gasteiger partial charge in [-0.3, -0.25) is 4.79 Å². The van der Waals surface area contributed by atoms with Gasteiger partial charge in [0.05, 0.1) is 23.0 Å². The number of aryl methyl sites for hydroxylation is 1. The van der Waals surface area contributed by atoms with Crippen molar-refractivity contribution in [1.29, 1.82) is 0 Å². The van der Waals surface area contributed by atoms with Crippen LogP contribution in [0, 0.1) is 13.8 Å². The first-order valence-corrected chi connectivity index (χ1v) is 13.2. The van der Waals surface area contributed by atoms with Crippen LogP contribution >= 0.6 is 0 Å². The lowest BCUT2D eigenvalue weighted by Crippen LogP contribution is -2.18. The van der Waals surface area contributed by atoms with Crippen molar-refractivity contribution >= 4 is 23.0 Å². The third kappa shape index (κ3) is 4.93. The van der Waals surface area contributed by atoms with E-state index in [1.165, 1.54) is 11.1 Å². The number of hydrogen-bond acceptors (Lipinski definition) is 3. The summed E-state index contributed by atoms with van der Waals surface area (Å²) in [4.78, 5) is 18.1. The number of hydrazone groups is 1. The number of carbonyl (C=O) groups is 1. The van der Waals surface area contributed by atoms with Crippen LogP contribution in [0.4, 0.5) is 0 Å². The van der Waals surface area contributed by atoms with Gasteiger partial charge in [0.25, 0.3) is 5.91 Å². The van der Waals surface area contributed by atoms with Crippen LogP contribution in [0.2, 0.25) is 0 Å². The van der Waals surface area contributed by atoms with Gasteiger partial charge in [0, 0.05) is 33.6 Å². The predicted molar refractivity (Wildman–Crippen MR) is 163 cm³/mol. The van der Waals surface area contributed by atoms with Crippen molar-refractivity contribution in [3.63, 3.8) is 0 Å². The van der Waals surface area contributed by atoms with Crippen LogP contribution in [0.1, 0.15) is 27.3 Å². The Hall–Kier alpha value is -5.29. The molecule has 4 aromatic carbocycles. The molecule has 0 unspecified atom stereocenters. The molecule has 2 aromatic heterocycles. The third-order valence-corrected chi connectivity index (χ3v) is 7.10. The molecule has 1 amide bonds. The Morgan fingerprint density at radius 2 is 1.38 bits per heavy atom. The minimum atomic E-state index is -0.280. The number of nitrogens with zero attached hydrogens (tertiary/aromatic N) is 3. The van der Waals surface area contributed by atoms with Gasteiger partial charge < -0.3 is 4.57 Å². The number of para-hydroxylation sites is 1. The number of pyridine rings is 1.